The van der Waals surface area contributed by atoms with Gasteiger partial charge in [0.2, 0.25) is 0 Å². The third-order valence-electron chi connectivity index (χ3n) is 2.54. The quantitative estimate of drug-likeness (QED) is 0.759. The molecule has 1 aliphatic rings. The fourth-order valence-corrected chi connectivity index (χ4v) is 2.71. The molecule has 1 heterocycles. The van der Waals surface area contributed by atoms with E-state index >= 15 is 0 Å². The van der Waals surface area contributed by atoms with Gasteiger partial charge in [0.05, 0.1) is 0 Å². The highest BCUT2D eigenvalue weighted by atomic mass is 32.1. The highest BCUT2D eigenvalue weighted by Crippen LogP contribution is 2.45. The van der Waals surface area contributed by atoms with E-state index in [2.05, 4.69) is 17.5 Å². The first kappa shape index (κ1) is 8.27. The van der Waals surface area contributed by atoms with Crippen LogP contribution < -0.4 is 0 Å². The molecule has 1 unspecified atom stereocenters. The van der Waals surface area contributed by atoms with Crippen molar-refractivity contribution in [3.8, 4) is 0 Å². The van der Waals surface area contributed by atoms with Gasteiger partial charge in [0.15, 0.2) is 0 Å². The van der Waals surface area contributed by atoms with E-state index in [0.717, 1.165) is 12.3 Å². The molecule has 1 N–H and O–H groups in total. The summed E-state index contributed by atoms with van der Waals surface area (Å²) >= 11 is 1.83. The predicted molar refractivity (Wildman–Crippen MR) is 51.5 cm³/mol. The normalized spacial score (nSPS) is 19.4. The third kappa shape index (κ3) is 1.70. The van der Waals surface area contributed by atoms with E-state index in [1.54, 1.807) is 0 Å². The van der Waals surface area contributed by atoms with Crippen LogP contribution in [0.5, 0.6) is 0 Å². The van der Waals surface area contributed by atoms with Gasteiger partial charge in [-0.1, -0.05) is 6.07 Å². The summed E-state index contributed by atoms with van der Waals surface area (Å²) in [6.45, 7) is 0.332. The van der Waals surface area contributed by atoms with E-state index < -0.39 is 0 Å². The number of thiophene rings is 1. The van der Waals surface area contributed by atoms with Crippen LogP contribution in [-0.2, 0) is 0 Å². The van der Waals surface area contributed by atoms with Crippen LogP contribution >= 0.6 is 11.3 Å². The molecule has 0 radical (unpaired) electrons. The van der Waals surface area contributed by atoms with Gasteiger partial charge in [-0.15, -0.1) is 11.3 Å². The summed E-state index contributed by atoms with van der Waals surface area (Å²) in [5, 5.41) is 11.0. The van der Waals surface area contributed by atoms with Crippen LogP contribution in [0, 0.1) is 5.92 Å². The Kier molecular flexibility index (Phi) is 2.47. The molecule has 2 rings (SSSR count). The molecule has 1 aliphatic carbocycles. The Hall–Kier alpha value is -0.340. The lowest BCUT2D eigenvalue weighted by atomic mass is 9.98. The molecule has 66 valence electrons. The van der Waals surface area contributed by atoms with Crippen molar-refractivity contribution < 1.29 is 5.11 Å². The molecule has 1 saturated carbocycles. The van der Waals surface area contributed by atoms with Gasteiger partial charge < -0.3 is 5.11 Å². The Labute approximate surface area is 77.0 Å². The molecule has 1 fully saturated rings. The third-order valence-corrected chi connectivity index (χ3v) is 3.54. The van der Waals surface area contributed by atoms with Crippen molar-refractivity contribution in [1.29, 1.82) is 0 Å². The zero-order valence-corrected chi connectivity index (χ0v) is 7.89. The highest BCUT2D eigenvalue weighted by molar-refractivity contribution is 7.10. The van der Waals surface area contributed by atoms with E-state index in [9.17, 15) is 0 Å². The minimum Gasteiger partial charge on any atom is -0.396 e. The number of hydrogen-bond donors (Lipinski definition) is 1. The molecule has 0 bridgehead atoms. The average Bonchev–Trinajstić information content (AvgIpc) is 2.77. The van der Waals surface area contributed by atoms with E-state index in [-0.39, 0.29) is 0 Å². The Morgan fingerprint density at radius 1 is 1.58 bits per heavy atom. The van der Waals surface area contributed by atoms with Gasteiger partial charge in [0.25, 0.3) is 0 Å². The lowest BCUT2D eigenvalue weighted by Crippen LogP contribution is -2.01. The van der Waals surface area contributed by atoms with Crippen LogP contribution in [0.4, 0.5) is 0 Å². The van der Waals surface area contributed by atoms with Gasteiger partial charge in [0.1, 0.15) is 0 Å². The van der Waals surface area contributed by atoms with Crippen LogP contribution in [-0.4, -0.2) is 11.7 Å². The van der Waals surface area contributed by atoms with E-state index in [1.165, 1.54) is 17.7 Å². The van der Waals surface area contributed by atoms with E-state index in [1.807, 2.05) is 11.3 Å². The molecule has 0 aliphatic heterocycles. The molecule has 1 aromatic rings. The topological polar surface area (TPSA) is 20.2 Å². The zero-order chi connectivity index (χ0) is 8.39. The average molecular weight is 182 g/mol. The monoisotopic (exact) mass is 182 g/mol. The van der Waals surface area contributed by atoms with Crippen molar-refractivity contribution in [3.05, 3.63) is 22.4 Å². The summed E-state index contributed by atoms with van der Waals surface area (Å²) in [7, 11) is 0. The molecule has 1 atom stereocenters. The van der Waals surface area contributed by atoms with Crippen LogP contribution in [0.15, 0.2) is 17.5 Å². The van der Waals surface area contributed by atoms with Crippen LogP contribution in [0.25, 0.3) is 0 Å². The summed E-state index contributed by atoms with van der Waals surface area (Å²) in [5.74, 6) is 1.52. The van der Waals surface area contributed by atoms with Gasteiger partial charge >= 0.3 is 0 Å². The number of aliphatic hydroxyl groups is 1. The molecule has 0 spiro atoms. The van der Waals surface area contributed by atoms with Crippen molar-refractivity contribution in [2.45, 2.75) is 25.2 Å². The molecule has 0 amide bonds. The summed E-state index contributed by atoms with van der Waals surface area (Å²) in [6.07, 6.45) is 3.68. The smallest absolute Gasteiger partial charge is 0.0437 e. The molecular weight excluding hydrogens is 168 g/mol. The van der Waals surface area contributed by atoms with Crippen LogP contribution in [0.2, 0.25) is 0 Å². The maximum atomic E-state index is 8.92. The summed E-state index contributed by atoms with van der Waals surface area (Å²) in [5.41, 5.74) is 0. The Bertz CT molecular complexity index is 226. The maximum absolute atomic E-state index is 8.92. The van der Waals surface area contributed by atoms with Crippen molar-refractivity contribution in [2.75, 3.05) is 6.61 Å². The largest absolute Gasteiger partial charge is 0.396 e. The summed E-state index contributed by atoms with van der Waals surface area (Å²) in [4.78, 5) is 1.46. The van der Waals surface area contributed by atoms with Crippen molar-refractivity contribution in [2.24, 2.45) is 5.92 Å². The van der Waals surface area contributed by atoms with Gasteiger partial charge in [-0.3, -0.25) is 0 Å². The van der Waals surface area contributed by atoms with E-state index in [0.29, 0.717) is 12.5 Å². The number of rotatable bonds is 4. The van der Waals surface area contributed by atoms with Crippen LogP contribution in [0.1, 0.15) is 30.1 Å². The van der Waals surface area contributed by atoms with Gasteiger partial charge in [-0.05, 0) is 42.5 Å². The lowest BCUT2D eigenvalue weighted by Gasteiger charge is -2.11. The van der Waals surface area contributed by atoms with Crippen molar-refractivity contribution in [3.63, 3.8) is 0 Å². The van der Waals surface area contributed by atoms with Gasteiger partial charge in [-0.2, -0.15) is 0 Å². The molecule has 12 heavy (non-hydrogen) atoms. The first-order chi connectivity index (χ1) is 5.92. The summed E-state index contributed by atoms with van der Waals surface area (Å²) in [6, 6.07) is 4.30. The fourth-order valence-electron chi connectivity index (χ4n) is 1.75. The number of aliphatic hydroxyl groups excluding tert-OH is 1. The van der Waals surface area contributed by atoms with Gasteiger partial charge in [0, 0.05) is 11.5 Å². The second-order valence-electron chi connectivity index (χ2n) is 3.47. The Morgan fingerprint density at radius 2 is 2.42 bits per heavy atom. The second kappa shape index (κ2) is 3.58. The Morgan fingerprint density at radius 3 is 2.92 bits per heavy atom. The van der Waals surface area contributed by atoms with Crippen molar-refractivity contribution in [1.82, 2.24) is 0 Å². The van der Waals surface area contributed by atoms with Crippen LogP contribution in [0.3, 0.4) is 0 Å². The SMILES string of the molecule is OCCC(c1cccs1)C1CC1. The molecule has 2 heteroatoms. The minimum atomic E-state index is 0.332. The molecule has 1 aromatic heterocycles. The Balaban J connectivity index is 2.05. The fraction of sp³-hybridized carbons (Fsp3) is 0.600. The minimum absolute atomic E-state index is 0.332. The predicted octanol–water partition coefficient (Wildman–Crippen LogP) is 2.62. The zero-order valence-electron chi connectivity index (χ0n) is 7.07. The molecular formula is C10H14OS. The highest BCUT2D eigenvalue weighted by Gasteiger charge is 2.32. The van der Waals surface area contributed by atoms with E-state index in [4.69, 9.17) is 5.11 Å². The lowest BCUT2D eigenvalue weighted by molar-refractivity contribution is 0.270. The molecule has 0 saturated heterocycles. The van der Waals surface area contributed by atoms with Gasteiger partial charge in [-0.25, -0.2) is 0 Å². The first-order valence-electron chi connectivity index (χ1n) is 4.56. The number of hydrogen-bond acceptors (Lipinski definition) is 2. The maximum Gasteiger partial charge on any atom is 0.0437 e. The second-order valence-corrected chi connectivity index (χ2v) is 4.45. The molecule has 1 nitrogen and oxygen atoms in total. The standard InChI is InChI=1S/C10H14OS/c11-6-5-9(8-3-4-8)10-2-1-7-12-10/h1-2,7-9,11H,3-6H2. The molecule has 0 aromatic carbocycles. The first-order valence-corrected chi connectivity index (χ1v) is 5.44. The summed E-state index contributed by atoms with van der Waals surface area (Å²) < 4.78 is 0. The van der Waals surface area contributed by atoms with Crippen molar-refractivity contribution >= 4 is 11.3 Å².